The van der Waals surface area contributed by atoms with E-state index in [9.17, 15) is 4.79 Å². The standard InChI is InChI=1S/C20H29N7O2.HI/c1-3-18-26-24-14-27(18)10-9-22-20(21-2)23-13-15-6-4-7-16(12-15)25-19(28)17-8-5-11-29-17;/h4,6-7,12,14,17H,3,5,8-11,13H2,1-2H3,(H,25,28)(H2,21,22,23);1H. The number of carbonyl (C=O) groups excluding carboxylic acids is 1. The maximum Gasteiger partial charge on any atom is 0.253 e. The number of nitrogens with zero attached hydrogens (tertiary/aromatic N) is 4. The molecular formula is C20H30IN7O2. The molecule has 1 aromatic carbocycles. The highest BCUT2D eigenvalue weighted by molar-refractivity contribution is 14.0. The molecule has 1 amide bonds. The van der Waals surface area contributed by atoms with E-state index in [1.165, 1.54) is 0 Å². The molecule has 0 bridgehead atoms. The zero-order valence-electron chi connectivity index (χ0n) is 17.4. The number of guanidine groups is 1. The number of anilines is 1. The van der Waals surface area contributed by atoms with E-state index >= 15 is 0 Å². The summed E-state index contributed by atoms with van der Waals surface area (Å²) < 4.78 is 7.46. The summed E-state index contributed by atoms with van der Waals surface area (Å²) in [5, 5.41) is 17.5. The van der Waals surface area contributed by atoms with Crippen LogP contribution in [-0.2, 0) is 29.0 Å². The van der Waals surface area contributed by atoms with Crippen molar-refractivity contribution in [3.05, 3.63) is 42.0 Å². The lowest BCUT2D eigenvalue weighted by Gasteiger charge is -2.14. The highest BCUT2D eigenvalue weighted by Crippen LogP contribution is 2.16. The van der Waals surface area contributed by atoms with E-state index in [1.807, 2.05) is 28.8 Å². The van der Waals surface area contributed by atoms with Crippen molar-refractivity contribution in [1.29, 1.82) is 0 Å². The van der Waals surface area contributed by atoms with Gasteiger partial charge >= 0.3 is 0 Å². The molecule has 30 heavy (non-hydrogen) atoms. The first-order chi connectivity index (χ1) is 14.2. The van der Waals surface area contributed by atoms with Gasteiger partial charge in [0.2, 0.25) is 0 Å². The molecule has 1 aliphatic rings. The molecule has 164 valence electrons. The Morgan fingerprint density at radius 1 is 1.37 bits per heavy atom. The average Bonchev–Trinajstić information content (AvgIpc) is 3.42. The monoisotopic (exact) mass is 527 g/mol. The maximum atomic E-state index is 12.2. The first kappa shape index (κ1) is 24.1. The Kier molecular flexibility index (Phi) is 10.0. The third-order valence-electron chi connectivity index (χ3n) is 4.76. The van der Waals surface area contributed by atoms with Crippen molar-refractivity contribution >= 4 is 41.5 Å². The molecule has 1 saturated heterocycles. The van der Waals surface area contributed by atoms with Crippen molar-refractivity contribution < 1.29 is 9.53 Å². The molecular weight excluding hydrogens is 497 g/mol. The summed E-state index contributed by atoms with van der Waals surface area (Å²) in [7, 11) is 1.74. The molecule has 1 fully saturated rings. The molecule has 2 aromatic rings. The van der Waals surface area contributed by atoms with Gasteiger partial charge in [0.05, 0.1) is 0 Å². The largest absolute Gasteiger partial charge is 0.368 e. The minimum Gasteiger partial charge on any atom is -0.368 e. The second-order valence-electron chi connectivity index (χ2n) is 6.84. The van der Waals surface area contributed by atoms with Crippen molar-refractivity contribution in [3.63, 3.8) is 0 Å². The van der Waals surface area contributed by atoms with Gasteiger partial charge in [-0.05, 0) is 30.5 Å². The zero-order chi connectivity index (χ0) is 20.5. The van der Waals surface area contributed by atoms with Gasteiger partial charge in [0.15, 0.2) is 5.96 Å². The number of amides is 1. The molecule has 3 rings (SSSR count). The number of carbonyl (C=O) groups is 1. The Labute approximate surface area is 194 Å². The number of aryl methyl sites for hydroxylation is 1. The van der Waals surface area contributed by atoms with E-state index in [0.717, 1.165) is 42.9 Å². The van der Waals surface area contributed by atoms with Gasteiger partial charge < -0.3 is 25.3 Å². The molecule has 0 saturated carbocycles. The summed E-state index contributed by atoms with van der Waals surface area (Å²) in [5.74, 6) is 1.60. The number of ether oxygens (including phenoxy) is 1. The van der Waals surface area contributed by atoms with Crippen LogP contribution >= 0.6 is 24.0 Å². The lowest BCUT2D eigenvalue weighted by molar-refractivity contribution is -0.124. The van der Waals surface area contributed by atoms with Crippen LogP contribution in [0.5, 0.6) is 0 Å². The Hall–Kier alpha value is -2.21. The van der Waals surface area contributed by atoms with E-state index in [0.29, 0.717) is 25.7 Å². The van der Waals surface area contributed by atoms with E-state index in [4.69, 9.17) is 4.74 Å². The third-order valence-corrected chi connectivity index (χ3v) is 4.76. The predicted octanol–water partition coefficient (Wildman–Crippen LogP) is 1.94. The quantitative estimate of drug-likeness (QED) is 0.276. The van der Waals surface area contributed by atoms with Gasteiger partial charge in [0.1, 0.15) is 18.3 Å². The number of benzene rings is 1. The molecule has 1 aliphatic heterocycles. The van der Waals surface area contributed by atoms with E-state index < -0.39 is 0 Å². The maximum absolute atomic E-state index is 12.2. The molecule has 2 heterocycles. The molecule has 10 heteroatoms. The number of hydrogen-bond donors (Lipinski definition) is 3. The molecule has 0 aliphatic carbocycles. The van der Waals surface area contributed by atoms with Gasteiger partial charge in [-0.3, -0.25) is 9.79 Å². The van der Waals surface area contributed by atoms with Gasteiger partial charge in [0, 0.05) is 45.4 Å². The predicted molar refractivity (Wildman–Crippen MR) is 127 cm³/mol. The number of halogens is 1. The van der Waals surface area contributed by atoms with Crippen LogP contribution in [0.25, 0.3) is 0 Å². The Morgan fingerprint density at radius 3 is 2.97 bits per heavy atom. The van der Waals surface area contributed by atoms with E-state index in [1.54, 1.807) is 13.4 Å². The second kappa shape index (κ2) is 12.5. The molecule has 1 atom stereocenters. The van der Waals surface area contributed by atoms with Crippen LogP contribution in [0, 0.1) is 0 Å². The zero-order valence-corrected chi connectivity index (χ0v) is 19.8. The van der Waals surface area contributed by atoms with Crippen molar-refractivity contribution in [1.82, 2.24) is 25.4 Å². The lowest BCUT2D eigenvalue weighted by atomic mass is 10.2. The molecule has 1 aromatic heterocycles. The summed E-state index contributed by atoms with van der Waals surface area (Å²) in [6, 6.07) is 7.77. The van der Waals surface area contributed by atoms with E-state index in [2.05, 4.69) is 38.1 Å². The normalized spacial score (nSPS) is 16.1. The highest BCUT2D eigenvalue weighted by Gasteiger charge is 2.23. The summed E-state index contributed by atoms with van der Waals surface area (Å²) >= 11 is 0. The second-order valence-corrected chi connectivity index (χ2v) is 6.84. The molecule has 1 unspecified atom stereocenters. The Bertz CT molecular complexity index is 834. The van der Waals surface area contributed by atoms with Crippen LogP contribution in [0.15, 0.2) is 35.6 Å². The minimum atomic E-state index is -0.335. The summed E-state index contributed by atoms with van der Waals surface area (Å²) in [4.78, 5) is 16.5. The summed E-state index contributed by atoms with van der Waals surface area (Å²) in [6.45, 7) is 4.79. The van der Waals surface area contributed by atoms with Crippen LogP contribution in [0.2, 0.25) is 0 Å². The lowest BCUT2D eigenvalue weighted by Crippen LogP contribution is -2.38. The van der Waals surface area contributed by atoms with Crippen molar-refractivity contribution in [3.8, 4) is 0 Å². The summed E-state index contributed by atoms with van der Waals surface area (Å²) in [5.41, 5.74) is 1.82. The molecule has 0 radical (unpaired) electrons. The first-order valence-electron chi connectivity index (χ1n) is 10.0. The molecule has 0 spiro atoms. The fourth-order valence-electron chi connectivity index (χ4n) is 3.21. The van der Waals surface area contributed by atoms with Gasteiger partial charge in [-0.15, -0.1) is 34.2 Å². The summed E-state index contributed by atoms with van der Waals surface area (Å²) in [6.07, 6.45) is 3.98. The van der Waals surface area contributed by atoms with E-state index in [-0.39, 0.29) is 36.0 Å². The molecule has 3 N–H and O–H groups in total. The topological polar surface area (TPSA) is 105 Å². The number of nitrogens with one attached hydrogen (secondary N) is 3. The van der Waals surface area contributed by atoms with Crippen LogP contribution in [-0.4, -0.2) is 52.9 Å². The van der Waals surface area contributed by atoms with Crippen LogP contribution in [0.3, 0.4) is 0 Å². The van der Waals surface area contributed by atoms with Crippen molar-refractivity contribution in [2.24, 2.45) is 4.99 Å². The highest BCUT2D eigenvalue weighted by atomic mass is 127. The Morgan fingerprint density at radius 2 is 2.23 bits per heavy atom. The SMILES string of the molecule is CCc1nncn1CCNC(=NC)NCc1cccc(NC(=O)C2CCCO2)c1.I. The first-order valence-corrected chi connectivity index (χ1v) is 10.0. The smallest absolute Gasteiger partial charge is 0.253 e. The number of hydrogen-bond acceptors (Lipinski definition) is 5. The number of rotatable bonds is 8. The number of aromatic nitrogens is 3. The van der Waals surface area contributed by atoms with Crippen molar-refractivity contribution in [2.75, 3.05) is 25.5 Å². The third kappa shape index (κ3) is 6.94. The van der Waals surface area contributed by atoms with Crippen LogP contribution < -0.4 is 16.0 Å². The van der Waals surface area contributed by atoms with Gasteiger partial charge in [-0.1, -0.05) is 19.1 Å². The fourth-order valence-corrected chi connectivity index (χ4v) is 3.21. The van der Waals surface area contributed by atoms with Gasteiger partial charge in [-0.25, -0.2) is 0 Å². The van der Waals surface area contributed by atoms with Crippen LogP contribution in [0.1, 0.15) is 31.2 Å². The fraction of sp³-hybridized carbons (Fsp3) is 0.500. The Balaban J connectivity index is 0.00000320. The minimum absolute atomic E-state index is 0. The number of aliphatic imine (C=N–C) groups is 1. The van der Waals surface area contributed by atoms with Crippen molar-refractivity contribution in [2.45, 2.75) is 45.4 Å². The average molecular weight is 527 g/mol. The van der Waals surface area contributed by atoms with Crippen LogP contribution in [0.4, 0.5) is 5.69 Å². The van der Waals surface area contributed by atoms with Gasteiger partial charge in [-0.2, -0.15) is 0 Å². The van der Waals surface area contributed by atoms with Gasteiger partial charge in [0.25, 0.3) is 5.91 Å². The molecule has 9 nitrogen and oxygen atoms in total.